The van der Waals surface area contributed by atoms with E-state index >= 15 is 0 Å². The van der Waals surface area contributed by atoms with Gasteiger partial charge < -0.3 is 5.11 Å². The summed E-state index contributed by atoms with van der Waals surface area (Å²) in [6.07, 6.45) is 1.95. The van der Waals surface area contributed by atoms with Crippen molar-refractivity contribution in [1.82, 2.24) is 9.78 Å². The van der Waals surface area contributed by atoms with Crippen molar-refractivity contribution >= 4 is 17.4 Å². The molecule has 1 heterocycles. The summed E-state index contributed by atoms with van der Waals surface area (Å²) in [7, 11) is 1.79. The van der Waals surface area contributed by atoms with Gasteiger partial charge in [0.2, 0.25) is 0 Å². The molecule has 0 aliphatic heterocycles. The Bertz CT molecular complexity index is 374. The molecule has 4 nitrogen and oxygen atoms in total. The number of aliphatic hydroxyl groups is 1. The molecule has 1 aromatic heterocycles. The van der Waals surface area contributed by atoms with Gasteiger partial charge >= 0.3 is 0 Å². The summed E-state index contributed by atoms with van der Waals surface area (Å²) in [5, 5.41) is 13.5. The van der Waals surface area contributed by atoms with Crippen LogP contribution in [0.2, 0.25) is 5.02 Å². The van der Waals surface area contributed by atoms with Crippen LogP contribution in [0.5, 0.6) is 0 Å². The Kier molecular flexibility index (Phi) is 4.96. The lowest BCUT2D eigenvalue weighted by Gasteiger charge is -2.01. The molecule has 0 bridgehead atoms. The Morgan fingerprint density at radius 3 is 2.75 bits per heavy atom. The number of ketones is 1. The van der Waals surface area contributed by atoms with E-state index in [-0.39, 0.29) is 12.4 Å². The van der Waals surface area contributed by atoms with Crippen molar-refractivity contribution in [3.8, 4) is 0 Å². The Hall–Kier alpha value is -0.870. The smallest absolute Gasteiger partial charge is 0.138 e. The number of carbonyl (C=O) groups excluding carboxylic acids is 1. The summed E-state index contributed by atoms with van der Waals surface area (Å²) in [6, 6.07) is 0. The SMILES string of the molecule is CCc1nn(C)c(CC(=O)CCCO)c1Cl. The van der Waals surface area contributed by atoms with E-state index in [9.17, 15) is 4.79 Å². The number of hydrogen-bond donors (Lipinski definition) is 1. The Balaban J connectivity index is 2.73. The van der Waals surface area contributed by atoms with Crippen LogP contribution in [0, 0.1) is 0 Å². The lowest BCUT2D eigenvalue weighted by atomic mass is 10.1. The summed E-state index contributed by atoms with van der Waals surface area (Å²) in [5.74, 6) is 0.0848. The minimum atomic E-state index is 0.0467. The Morgan fingerprint density at radius 2 is 2.25 bits per heavy atom. The van der Waals surface area contributed by atoms with Crippen LogP contribution < -0.4 is 0 Å². The predicted octanol–water partition coefficient (Wildman–Crippen LogP) is 1.52. The number of aryl methyl sites for hydroxylation is 2. The predicted molar refractivity (Wildman–Crippen MR) is 62.6 cm³/mol. The fraction of sp³-hybridized carbons (Fsp3) is 0.636. The van der Waals surface area contributed by atoms with Crippen molar-refractivity contribution in [3.05, 3.63) is 16.4 Å². The van der Waals surface area contributed by atoms with E-state index in [0.717, 1.165) is 17.8 Å². The van der Waals surface area contributed by atoms with Crippen LogP contribution in [-0.2, 0) is 24.7 Å². The summed E-state index contributed by atoms with van der Waals surface area (Å²) >= 11 is 6.12. The lowest BCUT2D eigenvalue weighted by molar-refractivity contribution is -0.118. The van der Waals surface area contributed by atoms with Gasteiger partial charge in [0.1, 0.15) is 5.78 Å². The average Bonchev–Trinajstić information content (AvgIpc) is 2.53. The molecule has 0 aliphatic rings. The van der Waals surface area contributed by atoms with Gasteiger partial charge in [-0.25, -0.2) is 0 Å². The molecule has 0 amide bonds. The zero-order valence-electron chi connectivity index (χ0n) is 9.66. The van der Waals surface area contributed by atoms with E-state index in [2.05, 4.69) is 5.10 Å². The standard InChI is InChI=1S/C11H17ClN2O2/c1-3-9-11(12)10(14(2)13-9)7-8(16)5-4-6-15/h15H,3-7H2,1-2H3. The summed E-state index contributed by atoms with van der Waals surface area (Å²) in [6.45, 7) is 2.02. The van der Waals surface area contributed by atoms with Gasteiger partial charge in [0.05, 0.1) is 16.4 Å². The molecule has 1 aromatic rings. The molecule has 1 N–H and O–H groups in total. The number of aromatic nitrogens is 2. The van der Waals surface area contributed by atoms with E-state index in [0.29, 0.717) is 24.3 Å². The molecule has 0 saturated carbocycles. The van der Waals surface area contributed by atoms with Gasteiger partial charge in [0.25, 0.3) is 0 Å². The van der Waals surface area contributed by atoms with Gasteiger partial charge in [-0.1, -0.05) is 18.5 Å². The monoisotopic (exact) mass is 244 g/mol. The number of Topliss-reactive ketones (excluding diaryl/α,β-unsaturated/α-hetero) is 1. The molecule has 0 unspecified atom stereocenters. The third-order valence-electron chi connectivity index (χ3n) is 2.48. The van der Waals surface area contributed by atoms with Crippen molar-refractivity contribution in [3.63, 3.8) is 0 Å². The van der Waals surface area contributed by atoms with E-state index in [4.69, 9.17) is 16.7 Å². The molecule has 0 saturated heterocycles. The van der Waals surface area contributed by atoms with Crippen LogP contribution in [0.3, 0.4) is 0 Å². The number of halogens is 1. The van der Waals surface area contributed by atoms with E-state index in [1.165, 1.54) is 0 Å². The minimum Gasteiger partial charge on any atom is -0.396 e. The first-order valence-corrected chi connectivity index (χ1v) is 5.80. The van der Waals surface area contributed by atoms with E-state index in [1.807, 2.05) is 6.92 Å². The molecule has 0 atom stereocenters. The highest BCUT2D eigenvalue weighted by Crippen LogP contribution is 2.21. The fourth-order valence-corrected chi connectivity index (χ4v) is 1.92. The molecule has 90 valence electrons. The summed E-state index contributed by atoms with van der Waals surface area (Å²) in [5.41, 5.74) is 1.59. The number of rotatable bonds is 6. The average molecular weight is 245 g/mol. The highest BCUT2D eigenvalue weighted by Gasteiger charge is 2.15. The third kappa shape index (κ3) is 3.06. The van der Waals surface area contributed by atoms with Crippen molar-refractivity contribution in [2.24, 2.45) is 7.05 Å². The largest absolute Gasteiger partial charge is 0.396 e. The number of nitrogens with zero attached hydrogens (tertiary/aromatic N) is 2. The highest BCUT2D eigenvalue weighted by molar-refractivity contribution is 6.32. The summed E-state index contributed by atoms with van der Waals surface area (Å²) < 4.78 is 1.66. The second-order valence-corrected chi connectivity index (χ2v) is 4.11. The maximum Gasteiger partial charge on any atom is 0.138 e. The van der Waals surface area contributed by atoms with Gasteiger partial charge in [-0.15, -0.1) is 0 Å². The molecule has 5 heteroatoms. The Labute approximate surface area is 100 Å². The van der Waals surface area contributed by atoms with Crippen LogP contribution in [-0.4, -0.2) is 27.3 Å². The minimum absolute atomic E-state index is 0.0467. The third-order valence-corrected chi connectivity index (χ3v) is 2.92. The molecule has 1 rings (SSSR count). The highest BCUT2D eigenvalue weighted by atomic mass is 35.5. The number of aliphatic hydroxyl groups excluding tert-OH is 1. The molecular weight excluding hydrogens is 228 g/mol. The normalized spacial score (nSPS) is 10.8. The van der Waals surface area contributed by atoms with Gasteiger partial charge in [0.15, 0.2) is 0 Å². The number of hydrogen-bond acceptors (Lipinski definition) is 3. The van der Waals surface area contributed by atoms with Crippen molar-refractivity contribution in [2.45, 2.75) is 32.6 Å². The van der Waals surface area contributed by atoms with E-state index in [1.54, 1.807) is 11.7 Å². The van der Waals surface area contributed by atoms with Gasteiger partial charge in [-0.2, -0.15) is 5.10 Å². The van der Waals surface area contributed by atoms with Crippen LogP contribution in [0.15, 0.2) is 0 Å². The van der Waals surface area contributed by atoms with Crippen LogP contribution in [0.25, 0.3) is 0 Å². The molecule has 16 heavy (non-hydrogen) atoms. The van der Waals surface area contributed by atoms with Gasteiger partial charge in [-0.3, -0.25) is 9.48 Å². The van der Waals surface area contributed by atoms with E-state index < -0.39 is 0 Å². The zero-order valence-corrected chi connectivity index (χ0v) is 10.4. The van der Waals surface area contributed by atoms with Crippen LogP contribution in [0.1, 0.15) is 31.2 Å². The number of carbonyl (C=O) groups is 1. The lowest BCUT2D eigenvalue weighted by Crippen LogP contribution is -2.08. The van der Waals surface area contributed by atoms with Gasteiger partial charge in [-0.05, 0) is 12.8 Å². The van der Waals surface area contributed by atoms with Crippen molar-refractivity contribution < 1.29 is 9.90 Å². The van der Waals surface area contributed by atoms with Crippen LogP contribution in [0.4, 0.5) is 0 Å². The molecule has 0 spiro atoms. The van der Waals surface area contributed by atoms with Crippen molar-refractivity contribution in [1.29, 1.82) is 0 Å². The quantitative estimate of drug-likeness (QED) is 0.826. The molecular formula is C11H17ClN2O2. The maximum atomic E-state index is 11.6. The molecule has 0 fully saturated rings. The molecule has 0 aromatic carbocycles. The zero-order chi connectivity index (χ0) is 12.1. The Morgan fingerprint density at radius 1 is 1.56 bits per heavy atom. The second-order valence-electron chi connectivity index (χ2n) is 3.73. The first kappa shape index (κ1) is 13.2. The first-order valence-electron chi connectivity index (χ1n) is 5.43. The van der Waals surface area contributed by atoms with Gasteiger partial charge in [0, 0.05) is 26.5 Å². The first-order chi connectivity index (χ1) is 7.60. The molecule has 0 radical (unpaired) electrons. The topological polar surface area (TPSA) is 55.1 Å². The molecule has 0 aliphatic carbocycles. The second kappa shape index (κ2) is 6.01. The van der Waals surface area contributed by atoms with Crippen molar-refractivity contribution in [2.75, 3.05) is 6.61 Å². The maximum absolute atomic E-state index is 11.6. The van der Waals surface area contributed by atoms with Crippen LogP contribution >= 0.6 is 11.6 Å². The fourth-order valence-electron chi connectivity index (χ4n) is 1.56. The summed E-state index contributed by atoms with van der Waals surface area (Å²) in [4.78, 5) is 11.6.